The molecule has 5 nitrogen and oxygen atoms in total. The Labute approximate surface area is 163 Å². The van der Waals surface area contributed by atoms with E-state index in [1.807, 2.05) is 6.07 Å². The van der Waals surface area contributed by atoms with Crippen molar-refractivity contribution in [3.8, 4) is 17.1 Å². The van der Waals surface area contributed by atoms with Gasteiger partial charge in [-0.05, 0) is 30.3 Å². The Bertz CT molecular complexity index is 1080. The van der Waals surface area contributed by atoms with Crippen molar-refractivity contribution in [3.05, 3.63) is 68.9 Å². The molecular weight excluding hydrogens is 420 g/mol. The molecule has 0 aliphatic carbocycles. The largest absolute Gasteiger partial charge is 0.427 e. The average molecular weight is 434 g/mol. The van der Waals surface area contributed by atoms with Crippen molar-refractivity contribution in [1.29, 1.82) is 0 Å². The van der Waals surface area contributed by atoms with E-state index in [1.54, 1.807) is 42.5 Å². The number of hydrogen-bond donors (Lipinski definition) is 0. The van der Waals surface area contributed by atoms with Crippen LogP contribution in [0.15, 0.2) is 63.3 Å². The molecule has 26 heavy (non-hydrogen) atoms. The second-order valence-corrected chi connectivity index (χ2v) is 6.57. The van der Waals surface area contributed by atoms with Gasteiger partial charge in [-0.3, -0.25) is 14.2 Å². The number of carbonyl (C=O) groups excluding carboxylic acids is 1. The van der Waals surface area contributed by atoms with Gasteiger partial charge in [-0.25, -0.2) is 4.98 Å². The molecule has 3 aromatic rings. The number of fused-ring (bicyclic) bond motifs is 1. The van der Waals surface area contributed by atoms with Crippen LogP contribution in [-0.2, 0) is 11.3 Å². The third kappa shape index (κ3) is 3.71. The van der Waals surface area contributed by atoms with Gasteiger partial charge in [-0.2, -0.15) is 0 Å². The first-order valence-corrected chi connectivity index (χ1v) is 8.97. The normalized spacial score (nSPS) is 11.2. The molecule has 1 aromatic heterocycles. The van der Waals surface area contributed by atoms with E-state index < -0.39 is 5.97 Å². The van der Waals surface area contributed by atoms with Crippen LogP contribution in [0.4, 0.5) is 0 Å². The number of nitrogens with zero attached hydrogens (tertiary/aromatic N) is 2. The van der Waals surface area contributed by atoms with Crippen molar-refractivity contribution >= 4 is 44.4 Å². The number of hydrogen-bond acceptors (Lipinski definition) is 4. The maximum absolute atomic E-state index is 12.9. The highest BCUT2D eigenvalue weighted by molar-refractivity contribution is 9.10. The molecule has 132 valence electrons. The SMILES string of the molecule is CC(=O)Oc1ccc(Br)c(-c2nc3ccccc3c(=O)n2C/C=C/Cl)c1. The molecule has 1 heterocycles. The molecule has 0 aliphatic heterocycles. The first-order valence-electron chi connectivity index (χ1n) is 7.74. The van der Waals surface area contributed by atoms with Gasteiger partial charge < -0.3 is 4.74 Å². The molecule has 0 saturated carbocycles. The maximum atomic E-state index is 12.9. The van der Waals surface area contributed by atoms with Gasteiger partial charge >= 0.3 is 5.97 Å². The van der Waals surface area contributed by atoms with Crippen molar-refractivity contribution in [2.24, 2.45) is 0 Å². The highest BCUT2D eigenvalue weighted by Crippen LogP contribution is 2.31. The van der Waals surface area contributed by atoms with Gasteiger partial charge in [0.05, 0.1) is 10.9 Å². The third-order valence-electron chi connectivity index (χ3n) is 3.68. The van der Waals surface area contributed by atoms with Crippen LogP contribution in [0.5, 0.6) is 5.75 Å². The van der Waals surface area contributed by atoms with Gasteiger partial charge in [0.25, 0.3) is 5.56 Å². The van der Waals surface area contributed by atoms with E-state index in [1.165, 1.54) is 17.0 Å². The fourth-order valence-corrected chi connectivity index (χ4v) is 3.10. The lowest BCUT2D eigenvalue weighted by atomic mass is 10.1. The fraction of sp³-hybridized carbons (Fsp3) is 0.105. The average Bonchev–Trinajstić information content (AvgIpc) is 2.62. The van der Waals surface area contributed by atoms with Gasteiger partial charge in [0.1, 0.15) is 11.6 Å². The molecule has 0 fully saturated rings. The molecule has 0 radical (unpaired) electrons. The molecular formula is C19H14BrClN2O3. The standard InChI is InChI=1S/C19H14BrClN2O3/c1-12(24)26-13-7-8-16(20)15(11-13)18-22-17-6-3-2-5-14(17)19(25)23(18)10-4-9-21/h2-9,11H,10H2,1H3/b9-4+. The summed E-state index contributed by atoms with van der Waals surface area (Å²) >= 11 is 9.14. The molecule has 2 aromatic carbocycles. The lowest BCUT2D eigenvalue weighted by molar-refractivity contribution is -0.131. The van der Waals surface area contributed by atoms with Crippen molar-refractivity contribution in [3.63, 3.8) is 0 Å². The lowest BCUT2D eigenvalue weighted by Crippen LogP contribution is -2.23. The van der Waals surface area contributed by atoms with E-state index in [0.29, 0.717) is 28.0 Å². The Hall–Kier alpha value is -2.44. The first kappa shape index (κ1) is 18.4. The van der Waals surface area contributed by atoms with Crippen LogP contribution in [0.3, 0.4) is 0 Å². The Morgan fingerprint density at radius 3 is 2.81 bits per heavy atom. The topological polar surface area (TPSA) is 61.2 Å². The number of para-hydroxylation sites is 1. The summed E-state index contributed by atoms with van der Waals surface area (Å²) in [6, 6.07) is 12.2. The Morgan fingerprint density at radius 1 is 1.31 bits per heavy atom. The Balaban J connectivity index is 2.29. The number of benzene rings is 2. The van der Waals surface area contributed by atoms with E-state index in [-0.39, 0.29) is 12.1 Å². The highest BCUT2D eigenvalue weighted by atomic mass is 79.9. The van der Waals surface area contributed by atoms with Crippen LogP contribution < -0.4 is 10.3 Å². The Morgan fingerprint density at radius 2 is 2.08 bits per heavy atom. The molecule has 7 heteroatoms. The minimum atomic E-state index is -0.424. The smallest absolute Gasteiger partial charge is 0.308 e. The van der Waals surface area contributed by atoms with E-state index in [9.17, 15) is 9.59 Å². The number of rotatable bonds is 4. The minimum Gasteiger partial charge on any atom is -0.427 e. The summed E-state index contributed by atoms with van der Waals surface area (Å²) in [7, 11) is 0. The van der Waals surface area contributed by atoms with Crippen LogP contribution in [0.1, 0.15) is 6.92 Å². The number of aromatic nitrogens is 2. The molecule has 0 atom stereocenters. The zero-order chi connectivity index (χ0) is 18.7. The molecule has 0 bridgehead atoms. The molecule has 0 unspecified atom stereocenters. The van der Waals surface area contributed by atoms with Crippen molar-refractivity contribution in [1.82, 2.24) is 9.55 Å². The van der Waals surface area contributed by atoms with E-state index in [2.05, 4.69) is 20.9 Å². The van der Waals surface area contributed by atoms with Crippen molar-refractivity contribution in [2.45, 2.75) is 13.5 Å². The zero-order valence-electron chi connectivity index (χ0n) is 13.8. The predicted octanol–water partition coefficient (Wildman–Crippen LogP) is 4.50. The first-order chi connectivity index (χ1) is 12.5. The maximum Gasteiger partial charge on any atom is 0.308 e. The van der Waals surface area contributed by atoms with Crippen LogP contribution in [-0.4, -0.2) is 15.5 Å². The molecule has 0 amide bonds. The number of ether oxygens (including phenoxy) is 1. The predicted molar refractivity (Wildman–Crippen MR) is 105 cm³/mol. The third-order valence-corrected chi connectivity index (χ3v) is 4.55. The zero-order valence-corrected chi connectivity index (χ0v) is 16.1. The summed E-state index contributed by atoms with van der Waals surface area (Å²) in [6.07, 6.45) is 1.66. The van der Waals surface area contributed by atoms with Gasteiger partial charge in [0.2, 0.25) is 0 Å². The summed E-state index contributed by atoms with van der Waals surface area (Å²) in [6.45, 7) is 1.59. The molecule has 0 spiro atoms. The van der Waals surface area contributed by atoms with Gasteiger partial charge in [0, 0.05) is 29.0 Å². The van der Waals surface area contributed by atoms with Crippen LogP contribution >= 0.6 is 27.5 Å². The van der Waals surface area contributed by atoms with Crippen LogP contribution in [0.25, 0.3) is 22.3 Å². The van der Waals surface area contributed by atoms with Crippen LogP contribution in [0, 0.1) is 0 Å². The molecule has 0 aliphatic rings. The minimum absolute atomic E-state index is 0.176. The molecule has 0 saturated heterocycles. The summed E-state index contributed by atoms with van der Waals surface area (Å²) in [4.78, 5) is 28.9. The van der Waals surface area contributed by atoms with Gasteiger partial charge in [-0.15, -0.1) is 0 Å². The fourth-order valence-electron chi connectivity index (χ4n) is 2.59. The molecule has 0 N–H and O–H groups in total. The number of halogens is 2. The van der Waals surface area contributed by atoms with Gasteiger partial charge in [0.15, 0.2) is 0 Å². The highest BCUT2D eigenvalue weighted by Gasteiger charge is 2.15. The summed E-state index contributed by atoms with van der Waals surface area (Å²) < 4.78 is 7.41. The quantitative estimate of drug-likeness (QED) is 0.449. The second kappa shape index (κ2) is 7.85. The monoisotopic (exact) mass is 432 g/mol. The molecule has 3 rings (SSSR count). The van der Waals surface area contributed by atoms with Gasteiger partial charge in [-0.1, -0.05) is 45.7 Å². The van der Waals surface area contributed by atoms with E-state index >= 15 is 0 Å². The van der Waals surface area contributed by atoms with E-state index in [4.69, 9.17) is 16.3 Å². The number of carbonyl (C=O) groups is 1. The lowest BCUT2D eigenvalue weighted by Gasteiger charge is -2.14. The summed E-state index contributed by atoms with van der Waals surface area (Å²) in [5.41, 5.74) is 2.40. The summed E-state index contributed by atoms with van der Waals surface area (Å²) in [5.74, 6) is 0.397. The summed E-state index contributed by atoms with van der Waals surface area (Å²) in [5, 5.41) is 0.520. The second-order valence-electron chi connectivity index (χ2n) is 5.47. The van der Waals surface area contributed by atoms with Crippen LogP contribution in [0.2, 0.25) is 0 Å². The number of esters is 1. The number of allylic oxidation sites excluding steroid dienone is 1. The van der Waals surface area contributed by atoms with E-state index in [0.717, 1.165) is 4.47 Å². The van der Waals surface area contributed by atoms with Crippen molar-refractivity contribution < 1.29 is 9.53 Å². The Kier molecular flexibility index (Phi) is 5.54. The van der Waals surface area contributed by atoms with Crippen molar-refractivity contribution in [2.75, 3.05) is 0 Å².